The van der Waals surface area contributed by atoms with E-state index in [1.54, 1.807) is 12.1 Å². The maximum atomic E-state index is 9.32. The number of benzene rings is 3. The summed E-state index contributed by atoms with van der Waals surface area (Å²) in [6.07, 6.45) is 4.64. The zero-order chi connectivity index (χ0) is 16.1. The van der Waals surface area contributed by atoms with Crippen LogP contribution in [0.2, 0.25) is 0 Å². The number of phenolic OH excluding ortho intramolecular Hbond substituents is 1. The molecule has 0 heterocycles. The molecule has 0 saturated heterocycles. The number of fused-ring (bicyclic) bond motifs is 1. The molecular formula is C22H24O. The number of phenols is 1. The van der Waals surface area contributed by atoms with E-state index in [1.165, 1.54) is 34.7 Å². The fourth-order valence-electron chi connectivity index (χ4n) is 3.27. The average molecular weight is 304 g/mol. The minimum Gasteiger partial charge on any atom is -0.508 e. The number of hydrogen-bond donors (Lipinski definition) is 1. The molecule has 3 aromatic carbocycles. The van der Waals surface area contributed by atoms with Crippen LogP contribution in [0.15, 0.2) is 66.7 Å². The fourth-order valence-corrected chi connectivity index (χ4v) is 3.27. The van der Waals surface area contributed by atoms with Gasteiger partial charge in [-0.1, -0.05) is 67.9 Å². The molecule has 0 radical (unpaired) electrons. The van der Waals surface area contributed by atoms with Gasteiger partial charge in [-0.25, -0.2) is 0 Å². The normalized spacial score (nSPS) is 12.4. The Labute approximate surface area is 138 Å². The van der Waals surface area contributed by atoms with Crippen LogP contribution in [0, 0.1) is 5.92 Å². The summed E-state index contributed by atoms with van der Waals surface area (Å²) in [5.74, 6) is 1.02. The van der Waals surface area contributed by atoms with Gasteiger partial charge in [0, 0.05) is 0 Å². The Morgan fingerprint density at radius 2 is 1.61 bits per heavy atom. The second kappa shape index (κ2) is 7.32. The van der Waals surface area contributed by atoms with Crippen LogP contribution in [0.4, 0.5) is 0 Å². The van der Waals surface area contributed by atoms with Gasteiger partial charge in [0.1, 0.15) is 5.75 Å². The second-order valence-electron chi connectivity index (χ2n) is 6.51. The summed E-state index contributed by atoms with van der Waals surface area (Å²) in [5, 5.41) is 12.0. The van der Waals surface area contributed by atoms with Gasteiger partial charge in [-0.05, 0) is 59.2 Å². The van der Waals surface area contributed by atoms with Crippen molar-refractivity contribution in [3.63, 3.8) is 0 Å². The minimum atomic E-state index is 0.345. The molecule has 1 N–H and O–H groups in total. The van der Waals surface area contributed by atoms with E-state index in [9.17, 15) is 5.11 Å². The second-order valence-corrected chi connectivity index (χ2v) is 6.51. The van der Waals surface area contributed by atoms with Crippen LogP contribution < -0.4 is 0 Å². The van der Waals surface area contributed by atoms with Crippen molar-refractivity contribution in [1.82, 2.24) is 0 Å². The summed E-state index contributed by atoms with van der Waals surface area (Å²) in [4.78, 5) is 0. The van der Waals surface area contributed by atoms with Gasteiger partial charge in [-0.15, -0.1) is 0 Å². The molecule has 0 spiro atoms. The van der Waals surface area contributed by atoms with Crippen molar-refractivity contribution in [2.75, 3.05) is 0 Å². The lowest BCUT2D eigenvalue weighted by molar-refractivity contribution is 0.474. The van der Waals surface area contributed by atoms with Crippen LogP contribution in [0.3, 0.4) is 0 Å². The standard InChI is InChI=1S/C22H24O/c1-17(6-4-7-18-12-14-21(23)15-13-18)16-20-10-5-9-19-8-2-3-11-22(19)20/h2-3,5,8-15,17,23H,4,6-7,16H2,1H3. The van der Waals surface area contributed by atoms with Gasteiger partial charge < -0.3 is 5.11 Å². The summed E-state index contributed by atoms with van der Waals surface area (Å²) < 4.78 is 0. The quantitative estimate of drug-likeness (QED) is 0.615. The van der Waals surface area contributed by atoms with E-state index in [1.807, 2.05) is 12.1 Å². The number of aromatic hydroxyl groups is 1. The summed E-state index contributed by atoms with van der Waals surface area (Å²) in [7, 11) is 0. The maximum absolute atomic E-state index is 9.32. The van der Waals surface area contributed by atoms with E-state index in [2.05, 4.69) is 49.4 Å². The van der Waals surface area contributed by atoms with E-state index in [0.717, 1.165) is 12.8 Å². The molecule has 0 aliphatic carbocycles. The molecular weight excluding hydrogens is 280 g/mol. The van der Waals surface area contributed by atoms with Crippen LogP contribution in [-0.4, -0.2) is 5.11 Å². The van der Waals surface area contributed by atoms with Gasteiger partial charge in [-0.3, -0.25) is 0 Å². The molecule has 0 aromatic heterocycles. The van der Waals surface area contributed by atoms with Crippen molar-refractivity contribution in [3.05, 3.63) is 77.9 Å². The molecule has 1 atom stereocenters. The highest BCUT2D eigenvalue weighted by Crippen LogP contribution is 2.23. The molecule has 0 amide bonds. The third-order valence-electron chi connectivity index (χ3n) is 4.55. The SMILES string of the molecule is CC(CCCc1ccc(O)cc1)Cc1cccc2ccccc12. The van der Waals surface area contributed by atoms with Crippen LogP contribution in [0.5, 0.6) is 5.75 Å². The molecule has 0 aliphatic rings. The molecule has 0 aliphatic heterocycles. The van der Waals surface area contributed by atoms with Crippen molar-refractivity contribution in [2.24, 2.45) is 5.92 Å². The van der Waals surface area contributed by atoms with Crippen molar-refractivity contribution in [2.45, 2.75) is 32.6 Å². The average Bonchev–Trinajstić information content (AvgIpc) is 2.57. The molecule has 1 unspecified atom stereocenters. The van der Waals surface area contributed by atoms with Crippen LogP contribution in [0.1, 0.15) is 30.9 Å². The monoisotopic (exact) mass is 304 g/mol. The van der Waals surface area contributed by atoms with E-state index in [4.69, 9.17) is 0 Å². The predicted octanol–water partition coefficient (Wildman–Crippen LogP) is 5.75. The third kappa shape index (κ3) is 4.13. The van der Waals surface area contributed by atoms with E-state index in [-0.39, 0.29) is 0 Å². The Kier molecular flexibility index (Phi) is 4.97. The van der Waals surface area contributed by atoms with Crippen molar-refractivity contribution in [1.29, 1.82) is 0 Å². The van der Waals surface area contributed by atoms with Crippen molar-refractivity contribution < 1.29 is 5.11 Å². The smallest absolute Gasteiger partial charge is 0.115 e. The molecule has 0 saturated carbocycles. The van der Waals surface area contributed by atoms with Gasteiger partial charge in [0.2, 0.25) is 0 Å². The molecule has 23 heavy (non-hydrogen) atoms. The molecule has 118 valence electrons. The number of aryl methyl sites for hydroxylation is 1. The van der Waals surface area contributed by atoms with Crippen molar-refractivity contribution in [3.8, 4) is 5.75 Å². The number of rotatable bonds is 6. The molecule has 3 aromatic rings. The maximum Gasteiger partial charge on any atom is 0.115 e. The lowest BCUT2D eigenvalue weighted by Gasteiger charge is -2.13. The van der Waals surface area contributed by atoms with Gasteiger partial charge >= 0.3 is 0 Å². The first kappa shape index (κ1) is 15.6. The van der Waals surface area contributed by atoms with E-state index in [0.29, 0.717) is 11.7 Å². The lowest BCUT2D eigenvalue weighted by atomic mass is 9.92. The zero-order valence-electron chi connectivity index (χ0n) is 13.7. The fraction of sp³-hybridized carbons (Fsp3) is 0.273. The molecule has 0 fully saturated rings. The Morgan fingerprint density at radius 1 is 0.870 bits per heavy atom. The topological polar surface area (TPSA) is 20.2 Å². The first-order valence-electron chi connectivity index (χ1n) is 8.47. The van der Waals surface area contributed by atoms with E-state index < -0.39 is 0 Å². The zero-order valence-corrected chi connectivity index (χ0v) is 13.7. The Bertz CT molecular complexity index is 753. The summed E-state index contributed by atoms with van der Waals surface area (Å²) in [5.41, 5.74) is 2.76. The van der Waals surface area contributed by atoms with Gasteiger partial charge in [0.25, 0.3) is 0 Å². The third-order valence-corrected chi connectivity index (χ3v) is 4.55. The highest BCUT2D eigenvalue weighted by Gasteiger charge is 2.07. The highest BCUT2D eigenvalue weighted by atomic mass is 16.3. The van der Waals surface area contributed by atoms with Crippen molar-refractivity contribution >= 4 is 10.8 Å². The molecule has 0 bridgehead atoms. The molecule has 1 heteroatoms. The summed E-state index contributed by atoms with van der Waals surface area (Å²) in [6, 6.07) is 22.9. The Hall–Kier alpha value is -2.28. The molecule has 1 nitrogen and oxygen atoms in total. The largest absolute Gasteiger partial charge is 0.508 e. The van der Waals surface area contributed by atoms with Crippen LogP contribution >= 0.6 is 0 Å². The Balaban J connectivity index is 1.56. The first-order valence-corrected chi connectivity index (χ1v) is 8.47. The van der Waals surface area contributed by atoms with Gasteiger partial charge in [0.05, 0.1) is 0 Å². The Morgan fingerprint density at radius 3 is 2.43 bits per heavy atom. The summed E-state index contributed by atoms with van der Waals surface area (Å²) >= 11 is 0. The van der Waals surface area contributed by atoms with Gasteiger partial charge in [0.15, 0.2) is 0 Å². The lowest BCUT2D eigenvalue weighted by Crippen LogP contribution is -2.01. The van der Waals surface area contributed by atoms with Crippen LogP contribution in [0.25, 0.3) is 10.8 Å². The summed E-state index contributed by atoms with van der Waals surface area (Å²) in [6.45, 7) is 2.35. The molecule has 3 rings (SSSR count). The predicted molar refractivity (Wildman–Crippen MR) is 97.9 cm³/mol. The minimum absolute atomic E-state index is 0.345. The van der Waals surface area contributed by atoms with Crippen LogP contribution in [-0.2, 0) is 12.8 Å². The number of hydrogen-bond acceptors (Lipinski definition) is 1. The van der Waals surface area contributed by atoms with E-state index >= 15 is 0 Å². The van der Waals surface area contributed by atoms with Gasteiger partial charge in [-0.2, -0.15) is 0 Å². The first-order chi connectivity index (χ1) is 11.2. The highest BCUT2D eigenvalue weighted by molar-refractivity contribution is 5.85.